The van der Waals surface area contributed by atoms with Gasteiger partial charge in [-0.05, 0) is 82.2 Å². The molecule has 2 unspecified atom stereocenters. The summed E-state index contributed by atoms with van der Waals surface area (Å²) in [4.78, 5) is 35.2. The molecule has 15 heteroatoms. The number of nitriles is 1. The van der Waals surface area contributed by atoms with E-state index in [2.05, 4.69) is 15.1 Å². The molecule has 3 fully saturated rings. The predicted octanol–water partition coefficient (Wildman–Crippen LogP) is 5.48. The van der Waals surface area contributed by atoms with E-state index in [1.54, 1.807) is 17.7 Å². The van der Waals surface area contributed by atoms with Crippen LogP contribution in [-0.4, -0.2) is 51.9 Å². The molecule has 4 N–H and O–H groups in total. The third kappa shape index (κ3) is 7.42. The molecule has 3 aromatic rings. The van der Waals surface area contributed by atoms with Gasteiger partial charge in [-0.3, -0.25) is 19.3 Å². The van der Waals surface area contributed by atoms with Crippen molar-refractivity contribution in [2.75, 3.05) is 18.4 Å². The molecule has 2 saturated carbocycles. The largest absolute Gasteiger partial charge is 0.383 e. The average Bonchev–Trinajstić information content (AvgIpc) is 4.00. The van der Waals surface area contributed by atoms with Gasteiger partial charge < -0.3 is 16.4 Å². The number of aromatic nitrogens is 3. The number of carbonyl (C=O) groups excluding carboxylic acids is 2. The molecular formula is C34H37F5N8O2. The van der Waals surface area contributed by atoms with E-state index in [-0.39, 0.29) is 59.7 Å². The number of amidine groups is 1. The lowest BCUT2D eigenvalue weighted by Gasteiger charge is -2.39. The Morgan fingerprint density at radius 1 is 1.14 bits per heavy atom. The maximum atomic E-state index is 15.6. The Labute approximate surface area is 280 Å². The number of amides is 2. The number of nitrogens with two attached hydrogens (primary N) is 2. The van der Waals surface area contributed by atoms with E-state index in [0.29, 0.717) is 36.3 Å². The third-order valence-corrected chi connectivity index (χ3v) is 9.15. The summed E-state index contributed by atoms with van der Waals surface area (Å²) in [6, 6.07) is 7.69. The monoisotopic (exact) mass is 684 g/mol. The van der Waals surface area contributed by atoms with E-state index in [0.717, 1.165) is 24.1 Å². The maximum absolute atomic E-state index is 15.6. The topological polar surface area (TPSA) is 156 Å². The van der Waals surface area contributed by atoms with Gasteiger partial charge in [-0.25, -0.2) is 22.0 Å². The van der Waals surface area contributed by atoms with Crippen molar-refractivity contribution in [1.29, 1.82) is 5.26 Å². The van der Waals surface area contributed by atoms with Crippen LogP contribution in [0.3, 0.4) is 0 Å². The summed E-state index contributed by atoms with van der Waals surface area (Å²) < 4.78 is 64.7. The Morgan fingerprint density at radius 3 is 2.41 bits per heavy atom. The molecule has 2 amide bonds. The highest BCUT2D eigenvalue weighted by Gasteiger charge is 2.48. The summed E-state index contributed by atoms with van der Waals surface area (Å²) in [6.45, 7) is 1.34. The second kappa shape index (κ2) is 14.3. The predicted molar refractivity (Wildman–Crippen MR) is 172 cm³/mol. The van der Waals surface area contributed by atoms with Gasteiger partial charge in [0.25, 0.3) is 5.91 Å². The molecule has 1 aliphatic heterocycles. The molecule has 0 spiro atoms. The minimum Gasteiger partial charge on any atom is -0.383 e. The zero-order valence-electron chi connectivity index (χ0n) is 27.2. The number of aryl methyl sites for hydroxylation is 1. The van der Waals surface area contributed by atoms with E-state index in [1.807, 2.05) is 17.9 Å². The van der Waals surface area contributed by atoms with E-state index < -0.39 is 42.8 Å². The van der Waals surface area contributed by atoms with Gasteiger partial charge >= 0.3 is 0 Å². The van der Waals surface area contributed by atoms with Crippen molar-refractivity contribution in [2.45, 2.75) is 83.2 Å². The van der Waals surface area contributed by atoms with Crippen LogP contribution in [0.1, 0.15) is 85.3 Å². The zero-order valence-corrected chi connectivity index (χ0v) is 27.2. The van der Waals surface area contributed by atoms with Crippen LogP contribution >= 0.6 is 0 Å². The molecule has 260 valence electrons. The smallest absolute Gasteiger partial charge is 0.250 e. The highest BCUT2D eigenvalue weighted by molar-refractivity contribution is 6.05. The lowest BCUT2D eigenvalue weighted by molar-refractivity contribution is -0.122. The first-order valence-corrected chi connectivity index (χ1v) is 16.0. The number of anilines is 1. The number of carbonyl (C=O) groups is 2. The molecule has 10 nitrogen and oxygen atoms in total. The Kier molecular flexibility index (Phi) is 10.4. The quantitative estimate of drug-likeness (QED) is 0.172. The van der Waals surface area contributed by atoms with Crippen LogP contribution < -0.4 is 16.4 Å². The minimum atomic E-state index is -1.75. The number of halogens is 5. The number of primary amides is 1. The molecule has 1 saturated heterocycles. The van der Waals surface area contributed by atoms with Crippen LogP contribution in [0.25, 0.3) is 11.1 Å². The first-order valence-electron chi connectivity index (χ1n) is 16.0. The number of benzene rings is 1. The standard InChI is InChI=1S/C33H35F3N8O2.CH2F2/c1-17-11-20(32(46)41-31(39)23-6-5-22(14-34)40-30(23)33(36)8-9-33)7-10-43(17)26-13-21(12-25(35)24(26)15-37)28-18(2)42-44(16-27(38)45)29(28)19-3-4-19;2-1-3/h5-6,12-13,17,19-20H,3-4,7-11,14,16H2,1-2H3,(H2,38,45)(H2,39,41,46);1H2. The van der Waals surface area contributed by atoms with Crippen LogP contribution in [0.15, 0.2) is 29.3 Å². The van der Waals surface area contributed by atoms with Gasteiger partial charge in [-0.15, -0.1) is 0 Å². The van der Waals surface area contributed by atoms with Crippen molar-refractivity contribution in [2.24, 2.45) is 22.4 Å². The van der Waals surface area contributed by atoms with E-state index >= 15 is 8.78 Å². The number of aliphatic imine (C=N–C) groups is 1. The first kappa shape index (κ1) is 35.4. The number of pyridine rings is 1. The fourth-order valence-electron chi connectivity index (χ4n) is 6.56. The molecule has 3 aliphatic rings. The minimum absolute atomic E-state index is 0.00563. The van der Waals surface area contributed by atoms with Gasteiger partial charge in [-0.2, -0.15) is 15.4 Å². The Bertz CT molecular complexity index is 1830. The lowest BCUT2D eigenvalue weighted by Crippen LogP contribution is -2.43. The highest BCUT2D eigenvalue weighted by Crippen LogP contribution is 2.50. The SMILES string of the molecule is Cc1nn(CC(N)=O)c(C2CC2)c1-c1cc(F)c(C#N)c(N2CCC(C(=O)N=C(N)c3ccc(CF)nc3C3(F)CC3)CC2C)c1.FCF. The van der Waals surface area contributed by atoms with E-state index in [4.69, 9.17) is 11.5 Å². The molecule has 2 aromatic heterocycles. The van der Waals surface area contributed by atoms with Crippen molar-refractivity contribution >= 4 is 23.3 Å². The second-order valence-electron chi connectivity index (χ2n) is 12.7. The van der Waals surface area contributed by atoms with Crippen LogP contribution in [0.4, 0.5) is 27.6 Å². The molecule has 1 aromatic carbocycles. The Morgan fingerprint density at radius 2 is 1.84 bits per heavy atom. The second-order valence-corrected chi connectivity index (χ2v) is 12.7. The molecule has 49 heavy (non-hydrogen) atoms. The molecular weight excluding hydrogens is 647 g/mol. The fraction of sp³-hybridized carbons (Fsp3) is 0.471. The molecule has 2 atom stereocenters. The number of alkyl halides is 4. The summed E-state index contributed by atoms with van der Waals surface area (Å²) in [7, 11) is 0. The number of hydrogen-bond acceptors (Lipinski definition) is 6. The average molecular weight is 685 g/mol. The fourth-order valence-corrected chi connectivity index (χ4v) is 6.56. The number of nitrogens with zero attached hydrogens (tertiary/aromatic N) is 6. The Hall–Kier alpha value is -4.87. The normalized spacial score (nSPS) is 19.9. The van der Waals surface area contributed by atoms with Crippen molar-refractivity contribution in [3.8, 4) is 17.2 Å². The van der Waals surface area contributed by atoms with Crippen molar-refractivity contribution < 1.29 is 31.5 Å². The molecule has 0 bridgehead atoms. The summed E-state index contributed by atoms with van der Waals surface area (Å²) in [5.41, 5.74) is 13.3. The van der Waals surface area contributed by atoms with Crippen molar-refractivity contribution in [1.82, 2.24) is 14.8 Å². The zero-order chi connectivity index (χ0) is 35.6. The number of hydrogen-bond donors (Lipinski definition) is 2. The van der Waals surface area contributed by atoms with Gasteiger partial charge in [-0.1, -0.05) is 0 Å². The lowest BCUT2D eigenvalue weighted by atomic mass is 9.89. The maximum Gasteiger partial charge on any atom is 0.250 e. The van der Waals surface area contributed by atoms with Gasteiger partial charge in [0, 0.05) is 35.5 Å². The van der Waals surface area contributed by atoms with Gasteiger partial charge in [0.2, 0.25) is 12.8 Å². The third-order valence-electron chi connectivity index (χ3n) is 9.15. The summed E-state index contributed by atoms with van der Waals surface area (Å²) in [5, 5.41) is 14.5. The first-order chi connectivity index (χ1) is 23.3. The summed E-state index contributed by atoms with van der Waals surface area (Å²) in [6.07, 6.45) is 3.03. The summed E-state index contributed by atoms with van der Waals surface area (Å²) in [5.74, 6) is -2.18. The van der Waals surface area contributed by atoms with Crippen LogP contribution in [0.5, 0.6) is 0 Å². The van der Waals surface area contributed by atoms with Crippen molar-refractivity contribution in [3.05, 3.63) is 64.0 Å². The van der Waals surface area contributed by atoms with E-state index in [1.165, 1.54) is 18.2 Å². The van der Waals surface area contributed by atoms with Gasteiger partial charge in [0.15, 0.2) is 5.67 Å². The molecule has 6 rings (SSSR count). The number of piperidine rings is 1. The van der Waals surface area contributed by atoms with Crippen LogP contribution in [0.2, 0.25) is 0 Å². The summed E-state index contributed by atoms with van der Waals surface area (Å²) >= 11 is 0. The molecule has 2 aliphatic carbocycles. The van der Waals surface area contributed by atoms with Gasteiger partial charge in [0.1, 0.15) is 36.5 Å². The highest BCUT2D eigenvalue weighted by atomic mass is 19.3. The Balaban J connectivity index is 0.00000151. The molecule has 0 radical (unpaired) electrons. The van der Waals surface area contributed by atoms with Crippen LogP contribution in [0, 0.1) is 30.0 Å². The van der Waals surface area contributed by atoms with Gasteiger partial charge in [0.05, 0.1) is 28.5 Å². The molecule has 3 heterocycles. The number of rotatable bonds is 9. The van der Waals surface area contributed by atoms with Crippen molar-refractivity contribution in [3.63, 3.8) is 0 Å². The van der Waals surface area contributed by atoms with Crippen LogP contribution in [-0.2, 0) is 28.5 Å². The van der Waals surface area contributed by atoms with E-state index in [9.17, 15) is 28.0 Å².